The lowest BCUT2D eigenvalue weighted by Gasteiger charge is -2.38. The van der Waals surface area contributed by atoms with E-state index in [1.54, 1.807) is 32.2 Å². The maximum atomic E-state index is 13.0. The average molecular weight is 679 g/mol. The highest BCUT2D eigenvalue weighted by Gasteiger charge is 2.34. The normalized spacial score (nSPS) is 16.2. The monoisotopic (exact) mass is 677 g/mol. The smallest absolute Gasteiger partial charge is 0.346 e. The molecule has 0 unspecified atom stereocenters. The summed E-state index contributed by atoms with van der Waals surface area (Å²) in [6, 6.07) is 12.9. The van der Waals surface area contributed by atoms with Gasteiger partial charge in [-0.1, -0.05) is 53.5 Å². The van der Waals surface area contributed by atoms with Gasteiger partial charge >= 0.3 is 5.69 Å². The summed E-state index contributed by atoms with van der Waals surface area (Å²) in [6.07, 6.45) is 1.79. The van der Waals surface area contributed by atoms with Crippen molar-refractivity contribution in [2.45, 2.75) is 25.8 Å². The molecule has 2 amide bonds. The minimum absolute atomic E-state index is 0.0999. The van der Waals surface area contributed by atoms with E-state index in [2.05, 4.69) is 21.4 Å². The third kappa shape index (κ3) is 5.92. The number of benzene rings is 2. The second-order valence-corrected chi connectivity index (χ2v) is 12.3. The van der Waals surface area contributed by atoms with Crippen LogP contribution in [0.2, 0.25) is 10.0 Å². The number of rotatable bonds is 6. The van der Waals surface area contributed by atoms with Crippen LogP contribution < -0.4 is 21.3 Å². The quantitative estimate of drug-likeness (QED) is 0.325. The summed E-state index contributed by atoms with van der Waals surface area (Å²) in [4.78, 5) is 58.6. The molecule has 47 heavy (non-hydrogen) atoms. The Balaban J connectivity index is 1.31. The number of carbonyl (C=O) groups excluding carboxylic acids is 2. The number of aromatic nitrogens is 4. The number of amides is 2. The number of ether oxygens (including phenoxy) is 1. The van der Waals surface area contributed by atoms with E-state index in [0.717, 1.165) is 46.3 Å². The molecule has 12 nitrogen and oxygen atoms in total. The molecule has 1 N–H and O–H groups in total. The summed E-state index contributed by atoms with van der Waals surface area (Å²) >= 11 is 13.9. The number of piperazine rings is 1. The summed E-state index contributed by atoms with van der Waals surface area (Å²) in [7, 11) is 4.24. The number of pyridine rings is 1. The number of anilines is 1. The topological polar surface area (TPSA) is 132 Å². The number of hydrogen-bond acceptors (Lipinski definition) is 8. The molecule has 2 aliphatic rings. The molecular weight excluding hydrogens is 645 g/mol. The molecule has 0 radical (unpaired) electrons. The number of hydrogen-bond donors (Lipinski definition) is 1. The van der Waals surface area contributed by atoms with Crippen LogP contribution in [-0.4, -0.2) is 74.2 Å². The second kappa shape index (κ2) is 12.9. The molecule has 2 aromatic heterocycles. The van der Waals surface area contributed by atoms with Crippen LogP contribution in [-0.2, 0) is 25.3 Å². The zero-order chi connectivity index (χ0) is 33.6. The van der Waals surface area contributed by atoms with Crippen molar-refractivity contribution in [1.29, 1.82) is 0 Å². The van der Waals surface area contributed by atoms with Crippen LogP contribution in [0.3, 0.4) is 0 Å². The van der Waals surface area contributed by atoms with Gasteiger partial charge in [0.2, 0.25) is 17.5 Å². The van der Waals surface area contributed by atoms with Crippen molar-refractivity contribution in [3.8, 4) is 28.3 Å². The van der Waals surface area contributed by atoms with Gasteiger partial charge < -0.3 is 15.0 Å². The fraction of sp³-hybridized carbons (Fsp3) is 0.333. The largest absolute Gasteiger partial charge is 0.481 e. The van der Waals surface area contributed by atoms with E-state index in [9.17, 15) is 19.2 Å². The number of fused-ring (bicyclic) bond motifs is 1. The zero-order valence-electron chi connectivity index (χ0n) is 26.3. The lowest BCUT2D eigenvalue weighted by molar-refractivity contribution is -0.130. The van der Waals surface area contributed by atoms with Gasteiger partial charge in [0.15, 0.2) is 0 Å². The standard InChI is InChI=1S/C33H33Cl2N7O5/c1-18(43)41-13-15-42(16-14-41)25-12-11-19-17-24(37-31(47-4)26(19)25)22-9-5-7-20(27(22)34)21-8-6-10-23(28(21)35)36-30(44)29-32(45)39(2)33(46)40(3)38-29/h5-10,17,25H,11-16H2,1-4H3,(H,36,44)/t25-/m0/s1. The lowest BCUT2D eigenvalue weighted by atomic mass is 9.99. The average Bonchev–Trinajstić information content (AvgIpc) is 3.50. The maximum absolute atomic E-state index is 13.0. The van der Waals surface area contributed by atoms with Gasteiger partial charge in [-0.3, -0.25) is 23.9 Å². The Bertz CT molecular complexity index is 2040. The van der Waals surface area contributed by atoms with Gasteiger partial charge in [0, 0.05) is 75.5 Å². The first kappa shape index (κ1) is 32.4. The van der Waals surface area contributed by atoms with Gasteiger partial charge in [-0.05, 0) is 30.5 Å². The highest BCUT2D eigenvalue weighted by Crippen LogP contribution is 2.45. The fourth-order valence-electron chi connectivity index (χ4n) is 6.39. The number of nitrogens with zero attached hydrogens (tertiary/aromatic N) is 6. The summed E-state index contributed by atoms with van der Waals surface area (Å²) in [5.41, 5.74) is 3.04. The molecule has 4 aromatic rings. The molecule has 0 spiro atoms. The van der Waals surface area contributed by atoms with Crippen molar-refractivity contribution in [3.63, 3.8) is 0 Å². The van der Waals surface area contributed by atoms with E-state index in [4.69, 9.17) is 32.9 Å². The first-order valence-corrected chi connectivity index (χ1v) is 15.9. The maximum Gasteiger partial charge on any atom is 0.346 e. The first-order valence-electron chi connectivity index (χ1n) is 15.1. The third-order valence-electron chi connectivity index (χ3n) is 8.87. The Kier molecular flexibility index (Phi) is 8.93. The molecule has 1 atom stereocenters. The molecule has 1 aliphatic carbocycles. The summed E-state index contributed by atoms with van der Waals surface area (Å²) < 4.78 is 7.56. The zero-order valence-corrected chi connectivity index (χ0v) is 27.9. The molecule has 244 valence electrons. The van der Waals surface area contributed by atoms with Crippen molar-refractivity contribution in [3.05, 3.63) is 90.2 Å². The van der Waals surface area contributed by atoms with Gasteiger partial charge in [0.05, 0.1) is 28.5 Å². The van der Waals surface area contributed by atoms with E-state index in [-0.39, 0.29) is 22.7 Å². The summed E-state index contributed by atoms with van der Waals surface area (Å²) in [6.45, 7) is 4.60. The van der Waals surface area contributed by atoms with E-state index < -0.39 is 22.9 Å². The Morgan fingerprint density at radius 1 is 0.957 bits per heavy atom. The van der Waals surface area contributed by atoms with Gasteiger partial charge in [0.25, 0.3) is 11.5 Å². The van der Waals surface area contributed by atoms with Crippen LogP contribution in [0.5, 0.6) is 5.88 Å². The molecule has 14 heteroatoms. The number of aryl methyl sites for hydroxylation is 2. The van der Waals surface area contributed by atoms with E-state index in [1.165, 1.54) is 14.1 Å². The van der Waals surface area contributed by atoms with E-state index in [0.29, 0.717) is 46.4 Å². The van der Waals surface area contributed by atoms with E-state index in [1.807, 2.05) is 23.1 Å². The predicted molar refractivity (Wildman–Crippen MR) is 179 cm³/mol. The van der Waals surface area contributed by atoms with Gasteiger partial charge in [-0.2, -0.15) is 5.10 Å². The van der Waals surface area contributed by atoms with Gasteiger partial charge in [-0.15, -0.1) is 0 Å². The molecule has 3 heterocycles. The molecule has 1 fully saturated rings. The lowest BCUT2D eigenvalue weighted by Crippen LogP contribution is -2.48. The van der Waals surface area contributed by atoms with Crippen LogP contribution >= 0.6 is 23.2 Å². The Morgan fingerprint density at radius 2 is 1.62 bits per heavy atom. The van der Waals surface area contributed by atoms with Crippen molar-refractivity contribution >= 4 is 40.7 Å². The molecule has 0 bridgehead atoms. The van der Waals surface area contributed by atoms with Crippen LogP contribution in [0.4, 0.5) is 5.69 Å². The number of halogens is 2. The van der Waals surface area contributed by atoms with Gasteiger partial charge in [0.1, 0.15) is 0 Å². The van der Waals surface area contributed by atoms with Crippen LogP contribution in [0, 0.1) is 0 Å². The van der Waals surface area contributed by atoms with Crippen LogP contribution in [0.1, 0.15) is 41.0 Å². The van der Waals surface area contributed by atoms with Crippen molar-refractivity contribution in [1.82, 2.24) is 29.1 Å². The number of nitrogens with one attached hydrogen (secondary N) is 1. The molecule has 1 aliphatic heterocycles. The van der Waals surface area contributed by atoms with Gasteiger partial charge in [-0.25, -0.2) is 14.5 Å². The highest BCUT2D eigenvalue weighted by atomic mass is 35.5. The molecule has 2 aromatic carbocycles. The highest BCUT2D eigenvalue weighted by molar-refractivity contribution is 6.39. The number of carbonyl (C=O) groups is 2. The summed E-state index contributed by atoms with van der Waals surface area (Å²) in [5.74, 6) is -0.159. The third-order valence-corrected chi connectivity index (χ3v) is 9.69. The van der Waals surface area contributed by atoms with E-state index >= 15 is 0 Å². The Labute approximate surface area is 280 Å². The number of methoxy groups -OCH3 is 1. The Hall–Kier alpha value is -4.52. The Morgan fingerprint density at radius 3 is 2.30 bits per heavy atom. The van der Waals surface area contributed by atoms with Crippen LogP contribution in [0.15, 0.2) is 52.1 Å². The minimum atomic E-state index is -0.826. The van der Waals surface area contributed by atoms with Crippen molar-refractivity contribution < 1.29 is 14.3 Å². The molecule has 6 rings (SSSR count). The van der Waals surface area contributed by atoms with Crippen molar-refractivity contribution in [2.75, 3.05) is 38.6 Å². The second-order valence-electron chi connectivity index (χ2n) is 11.6. The first-order chi connectivity index (χ1) is 22.5. The van der Waals surface area contributed by atoms with Crippen LogP contribution in [0.25, 0.3) is 22.4 Å². The molecule has 1 saturated heterocycles. The van der Waals surface area contributed by atoms with Crippen molar-refractivity contribution in [2.24, 2.45) is 14.1 Å². The molecular formula is C33H33Cl2N7O5. The SMILES string of the molecule is COc1nc(-c2cccc(-c3cccc(NC(=O)c4nn(C)c(=O)n(C)c4=O)c3Cl)c2Cl)cc2c1[C@@H](N1CCN(C(C)=O)CC1)CC2. The minimum Gasteiger partial charge on any atom is -0.481 e. The molecule has 0 saturated carbocycles. The summed E-state index contributed by atoms with van der Waals surface area (Å²) in [5, 5.41) is 7.10. The fourth-order valence-corrected chi connectivity index (χ4v) is 6.99. The predicted octanol–water partition coefficient (Wildman–Crippen LogP) is 3.93.